The van der Waals surface area contributed by atoms with Crippen molar-refractivity contribution in [3.63, 3.8) is 0 Å². The summed E-state index contributed by atoms with van der Waals surface area (Å²) in [7, 11) is 0. The third-order valence-electron chi connectivity index (χ3n) is 3.84. The van der Waals surface area contributed by atoms with E-state index in [2.05, 4.69) is 47.1 Å². The van der Waals surface area contributed by atoms with Gasteiger partial charge in [0.25, 0.3) is 0 Å². The first-order valence-electron chi connectivity index (χ1n) is 6.17. The first kappa shape index (κ1) is 12.1. The molecule has 3 unspecified atom stereocenters. The maximum atomic E-state index is 6.34. The van der Waals surface area contributed by atoms with Crippen molar-refractivity contribution in [2.45, 2.75) is 38.6 Å². The van der Waals surface area contributed by atoms with Gasteiger partial charge in [-0.25, -0.2) is 0 Å². The standard InChI is InChI=1S/C14H20BrN/c1-10-4-2-7-13(10)14(16)9-11-5-3-6-12(15)8-11/h3,5-6,8,10,13-14H,2,4,7,9,16H2,1H3. The highest BCUT2D eigenvalue weighted by Crippen LogP contribution is 2.34. The van der Waals surface area contributed by atoms with Crippen LogP contribution in [-0.4, -0.2) is 6.04 Å². The number of hydrogen-bond acceptors (Lipinski definition) is 1. The molecule has 1 aromatic rings. The fourth-order valence-corrected chi connectivity index (χ4v) is 3.34. The monoisotopic (exact) mass is 281 g/mol. The van der Waals surface area contributed by atoms with Gasteiger partial charge in [-0.2, -0.15) is 0 Å². The summed E-state index contributed by atoms with van der Waals surface area (Å²) in [6, 6.07) is 8.83. The summed E-state index contributed by atoms with van der Waals surface area (Å²) in [6.07, 6.45) is 5.04. The summed E-state index contributed by atoms with van der Waals surface area (Å²) in [5.41, 5.74) is 7.68. The number of nitrogens with two attached hydrogens (primary N) is 1. The second-order valence-corrected chi connectivity index (χ2v) is 5.99. The van der Waals surface area contributed by atoms with E-state index < -0.39 is 0 Å². The molecule has 2 heteroatoms. The molecule has 0 saturated heterocycles. The van der Waals surface area contributed by atoms with Gasteiger partial charge in [0.1, 0.15) is 0 Å². The molecule has 2 N–H and O–H groups in total. The van der Waals surface area contributed by atoms with E-state index in [0.29, 0.717) is 6.04 Å². The SMILES string of the molecule is CC1CCCC1C(N)Cc1cccc(Br)c1. The number of hydrogen-bond donors (Lipinski definition) is 1. The summed E-state index contributed by atoms with van der Waals surface area (Å²) >= 11 is 3.51. The Labute approximate surface area is 107 Å². The molecular formula is C14H20BrN. The smallest absolute Gasteiger partial charge is 0.0178 e. The van der Waals surface area contributed by atoms with Crippen molar-refractivity contribution in [2.75, 3.05) is 0 Å². The minimum Gasteiger partial charge on any atom is -0.327 e. The molecule has 1 aliphatic carbocycles. The van der Waals surface area contributed by atoms with Gasteiger partial charge < -0.3 is 5.73 Å². The molecule has 1 aliphatic rings. The molecule has 2 rings (SSSR count). The van der Waals surface area contributed by atoms with Crippen LogP contribution in [0.15, 0.2) is 28.7 Å². The Morgan fingerprint density at radius 1 is 1.44 bits per heavy atom. The Morgan fingerprint density at radius 2 is 2.25 bits per heavy atom. The maximum Gasteiger partial charge on any atom is 0.0178 e. The zero-order chi connectivity index (χ0) is 11.5. The third-order valence-corrected chi connectivity index (χ3v) is 4.33. The van der Waals surface area contributed by atoms with Crippen LogP contribution >= 0.6 is 15.9 Å². The topological polar surface area (TPSA) is 26.0 Å². The lowest BCUT2D eigenvalue weighted by Crippen LogP contribution is -2.33. The summed E-state index contributed by atoms with van der Waals surface area (Å²) in [5.74, 6) is 1.53. The predicted molar refractivity (Wildman–Crippen MR) is 72.3 cm³/mol. The van der Waals surface area contributed by atoms with Gasteiger partial charge in [0.2, 0.25) is 0 Å². The molecule has 16 heavy (non-hydrogen) atoms. The number of benzene rings is 1. The zero-order valence-corrected chi connectivity index (χ0v) is 11.4. The Hall–Kier alpha value is -0.340. The Morgan fingerprint density at radius 3 is 2.88 bits per heavy atom. The zero-order valence-electron chi connectivity index (χ0n) is 9.83. The lowest BCUT2D eigenvalue weighted by molar-refractivity contribution is 0.343. The molecule has 1 saturated carbocycles. The van der Waals surface area contributed by atoms with E-state index >= 15 is 0 Å². The Kier molecular flexibility index (Phi) is 4.04. The van der Waals surface area contributed by atoms with Gasteiger partial charge in [-0.15, -0.1) is 0 Å². The molecule has 3 atom stereocenters. The van der Waals surface area contributed by atoms with Crippen molar-refractivity contribution < 1.29 is 0 Å². The largest absolute Gasteiger partial charge is 0.327 e. The molecule has 0 aromatic heterocycles. The van der Waals surface area contributed by atoms with Crippen LogP contribution < -0.4 is 5.73 Å². The highest BCUT2D eigenvalue weighted by atomic mass is 79.9. The fraction of sp³-hybridized carbons (Fsp3) is 0.571. The first-order valence-corrected chi connectivity index (χ1v) is 6.96. The normalized spacial score (nSPS) is 26.9. The van der Waals surface area contributed by atoms with Crippen LogP contribution in [0.5, 0.6) is 0 Å². The molecule has 0 aliphatic heterocycles. The van der Waals surface area contributed by atoms with Crippen LogP contribution in [-0.2, 0) is 6.42 Å². The summed E-state index contributed by atoms with van der Waals surface area (Å²) in [6.45, 7) is 2.35. The fourth-order valence-electron chi connectivity index (χ4n) is 2.90. The molecule has 0 radical (unpaired) electrons. The van der Waals surface area contributed by atoms with Crippen molar-refractivity contribution in [1.29, 1.82) is 0 Å². The molecule has 1 nitrogen and oxygen atoms in total. The Balaban J connectivity index is 1.99. The highest BCUT2D eigenvalue weighted by molar-refractivity contribution is 9.10. The molecule has 0 bridgehead atoms. The van der Waals surface area contributed by atoms with E-state index in [1.54, 1.807) is 0 Å². The number of halogens is 1. The van der Waals surface area contributed by atoms with Crippen LogP contribution in [0.25, 0.3) is 0 Å². The van der Waals surface area contributed by atoms with Gasteiger partial charge in [-0.3, -0.25) is 0 Å². The summed E-state index contributed by atoms with van der Waals surface area (Å²) in [4.78, 5) is 0. The van der Waals surface area contributed by atoms with Gasteiger partial charge in [-0.05, 0) is 42.4 Å². The summed E-state index contributed by atoms with van der Waals surface area (Å²) < 4.78 is 1.15. The maximum absolute atomic E-state index is 6.34. The molecule has 0 heterocycles. The molecule has 88 valence electrons. The van der Waals surface area contributed by atoms with Crippen LogP contribution in [0.1, 0.15) is 31.7 Å². The van der Waals surface area contributed by atoms with Gasteiger partial charge in [0, 0.05) is 10.5 Å². The Bertz CT molecular complexity index is 350. The molecule has 1 fully saturated rings. The molecule has 0 amide bonds. The van der Waals surface area contributed by atoms with Gasteiger partial charge >= 0.3 is 0 Å². The second-order valence-electron chi connectivity index (χ2n) is 5.07. The van der Waals surface area contributed by atoms with Crippen LogP contribution in [0.3, 0.4) is 0 Å². The van der Waals surface area contributed by atoms with E-state index in [0.717, 1.165) is 22.7 Å². The average molecular weight is 282 g/mol. The molecule has 1 aromatic carbocycles. The van der Waals surface area contributed by atoms with Gasteiger partial charge in [0.15, 0.2) is 0 Å². The van der Waals surface area contributed by atoms with Crippen molar-refractivity contribution in [3.05, 3.63) is 34.3 Å². The van der Waals surface area contributed by atoms with E-state index in [1.165, 1.54) is 24.8 Å². The van der Waals surface area contributed by atoms with Gasteiger partial charge in [0.05, 0.1) is 0 Å². The van der Waals surface area contributed by atoms with Crippen LogP contribution in [0.2, 0.25) is 0 Å². The first-order chi connectivity index (χ1) is 7.66. The van der Waals surface area contributed by atoms with Crippen molar-refractivity contribution in [2.24, 2.45) is 17.6 Å². The van der Waals surface area contributed by atoms with Crippen LogP contribution in [0.4, 0.5) is 0 Å². The summed E-state index contributed by atoms with van der Waals surface area (Å²) in [5, 5.41) is 0. The minimum atomic E-state index is 0.326. The lowest BCUT2D eigenvalue weighted by atomic mass is 9.87. The van der Waals surface area contributed by atoms with Gasteiger partial charge in [-0.1, -0.05) is 47.8 Å². The van der Waals surface area contributed by atoms with Crippen LogP contribution in [0, 0.1) is 11.8 Å². The van der Waals surface area contributed by atoms with Crippen molar-refractivity contribution in [3.8, 4) is 0 Å². The third kappa shape index (κ3) is 2.86. The highest BCUT2D eigenvalue weighted by Gasteiger charge is 2.28. The second kappa shape index (κ2) is 5.33. The lowest BCUT2D eigenvalue weighted by Gasteiger charge is -2.23. The van der Waals surface area contributed by atoms with Crippen molar-refractivity contribution >= 4 is 15.9 Å². The molecular weight excluding hydrogens is 262 g/mol. The average Bonchev–Trinajstić information content (AvgIpc) is 2.64. The van der Waals surface area contributed by atoms with E-state index in [4.69, 9.17) is 5.73 Å². The van der Waals surface area contributed by atoms with E-state index in [1.807, 2.05) is 0 Å². The van der Waals surface area contributed by atoms with Crippen molar-refractivity contribution in [1.82, 2.24) is 0 Å². The minimum absolute atomic E-state index is 0.326. The van der Waals surface area contributed by atoms with E-state index in [9.17, 15) is 0 Å². The predicted octanol–water partition coefficient (Wildman–Crippen LogP) is 3.76. The number of rotatable bonds is 3. The molecule has 0 spiro atoms. The van der Waals surface area contributed by atoms with E-state index in [-0.39, 0.29) is 0 Å². The quantitative estimate of drug-likeness (QED) is 0.897.